The van der Waals surface area contributed by atoms with E-state index in [-0.39, 0.29) is 30.1 Å². The van der Waals surface area contributed by atoms with Gasteiger partial charge in [0.1, 0.15) is 24.0 Å². The first-order chi connectivity index (χ1) is 13.9. The van der Waals surface area contributed by atoms with Crippen LogP contribution < -0.4 is 10.9 Å². The zero-order chi connectivity index (χ0) is 21.0. The van der Waals surface area contributed by atoms with Crippen molar-refractivity contribution in [3.8, 4) is 11.4 Å². The number of carbonyl (C=O) groups excluding carboxylic acids is 1. The van der Waals surface area contributed by atoms with Crippen LogP contribution in [0.5, 0.6) is 0 Å². The number of para-hydroxylation sites is 1. The Balaban J connectivity index is 2.03. The van der Waals surface area contributed by atoms with Gasteiger partial charge in [-0.15, -0.1) is 0 Å². The number of rotatable bonds is 6. The number of hydrogen-bond donors (Lipinski definition) is 2. The standard InChI is InChI=1S/C21H19F2N3O3/c1-13-16(10-11-27)21(29)26(20(24-13)14-6-8-15(22)9-7-14)12-19(28)25-18-5-3-2-4-17(18)23/h2-9,27H,10-12H2,1H3,(H,25,28). The van der Waals surface area contributed by atoms with Crippen LogP contribution >= 0.6 is 0 Å². The van der Waals surface area contributed by atoms with E-state index in [1.165, 1.54) is 42.5 Å². The minimum absolute atomic E-state index is 0.00969. The molecule has 0 saturated carbocycles. The summed E-state index contributed by atoms with van der Waals surface area (Å²) in [4.78, 5) is 29.9. The normalized spacial score (nSPS) is 10.8. The van der Waals surface area contributed by atoms with E-state index in [2.05, 4.69) is 10.3 Å². The Morgan fingerprint density at radius 3 is 2.48 bits per heavy atom. The monoisotopic (exact) mass is 399 g/mol. The third kappa shape index (κ3) is 4.55. The summed E-state index contributed by atoms with van der Waals surface area (Å²) in [7, 11) is 0. The van der Waals surface area contributed by atoms with Gasteiger partial charge in [0.2, 0.25) is 5.91 Å². The van der Waals surface area contributed by atoms with Crippen LogP contribution in [0.1, 0.15) is 11.3 Å². The first-order valence-corrected chi connectivity index (χ1v) is 8.92. The van der Waals surface area contributed by atoms with Crippen LogP contribution in [-0.4, -0.2) is 27.2 Å². The maximum absolute atomic E-state index is 13.8. The van der Waals surface area contributed by atoms with Crippen LogP contribution in [0, 0.1) is 18.6 Å². The molecule has 0 radical (unpaired) electrons. The number of nitrogens with zero attached hydrogens (tertiary/aromatic N) is 2. The quantitative estimate of drug-likeness (QED) is 0.668. The number of anilines is 1. The number of hydrogen-bond acceptors (Lipinski definition) is 4. The first-order valence-electron chi connectivity index (χ1n) is 8.92. The second kappa shape index (κ2) is 8.74. The molecule has 0 bridgehead atoms. The number of aliphatic hydroxyl groups excluding tert-OH is 1. The Morgan fingerprint density at radius 1 is 1.14 bits per heavy atom. The van der Waals surface area contributed by atoms with Crippen molar-refractivity contribution in [2.75, 3.05) is 11.9 Å². The van der Waals surface area contributed by atoms with Crippen LogP contribution in [-0.2, 0) is 17.8 Å². The number of aliphatic hydroxyl groups is 1. The lowest BCUT2D eigenvalue weighted by atomic mass is 10.1. The highest BCUT2D eigenvalue weighted by molar-refractivity contribution is 5.91. The predicted molar refractivity (Wildman–Crippen MR) is 104 cm³/mol. The Kier molecular flexibility index (Phi) is 6.13. The van der Waals surface area contributed by atoms with Crippen molar-refractivity contribution in [1.82, 2.24) is 9.55 Å². The summed E-state index contributed by atoms with van der Waals surface area (Å²) in [5.41, 5.74) is 0.631. The largest absolute Gasteiger partial charge is 0.396 e. The topological polar surface area (TPSA) is 84.2 Å². The number of benzene rings is 2. The van der Waals surface area contributed by atoms with Gasteiger partial charge in [-0.3, -0.25) is 14.2 Å². The molecule has 8 heteroatoms. The molecular weight excluding hydrogens is 380 g/mol. The SMILES string of the molecule is Cc1nc(-c2ccc(F)cc2)n(CC(=O)Nc2ccccc2F)c(=O)c1CCO. The molecule has 0 aliphatic rings. The molecule has 3 rings (SSSR count). The molecule has 3 aromatic rings. The van der Waals surface area contributed by atoms with Gasteiger partial charge in [0.15, 0.2) is 0 Å². The number of amides is 1. The fourth-order valence-electron chi connectivity index (χ4n) is 2.96. The molecule has 0 spiro atoms. The average Bonchev–Trinajstić information content (AvgIpc) is 2.69. The summed E-state index contributed by atoms with van der Waals surface area (Å²) in [5, 5.41) is 11.7. The Labute approximate surface area is 165 Å². The van der Waals surface area contributed by atoms with Gasteiger partial charge < -0.3 is 10.4 Å². The lowest BCUT2D eigenvalue weighted by molar-refractivity contribution is -0.116. The highest BCUT2D eigenvalue weighted by Gasteiger charge is 2.18. The smallest absolute Gasteiger partial charge is 0.257 e. The second-order valence-electron chi connectivity index (χ2n) is 6.40. The van der Waals surface area contributed by atoms with Gasteiger partial charge in [-0.2, -0.15) is 0 Å². The van der Waals surface area contributed by atoms with Crippen molar-refractivity contribution in [2.24, 2.45) is 0 Å². The summed E-state index contributed by atoms with van der Waals surface area (Å²) < 4.78 is 28.2. The van der Waals surface area contributed by atoms with Gasteiger partial charge in [0, 0.05) is 29.8 Å². The summed E-state index contributed by atoms with van der Waals surface area (Å²) in [6.45, 7) is 0.948. The van der Waals surface area contributed by atoms with E-state index in [4.69, 9.17) is 0 Å². The van der Waals surface area contributed by atoms with Crippen LogP contribution in [0.3, 0.4) is 0 Å². The predicted octanol–water partition coefficient (Wildman–Crippen LogP) is 2.67. The van der Waals surface area contributed by atoms with Crippen LogP contribution in [0.4, 0.5) is 14.5 Å². The lowest BCUT2D eigenvalue weighted by Gasteiger charge is -2.16. The van der Waals surface area contributed by atoms with E-state index in [1.54, 1.807) is 13.0 Å². The van der Waals surface area contributed by atoms with Crippen LogP contribution in [0.25, 0.3) is 11.4 Å². The van der Waals surface area contributed by atoms with Gasteiger partial charge in [-0.25, -0.2) is 13.8 Å². The van der Waals surface area contributed by atoms with E-state index in [1.807, 2.05) is 0 Å². The average molecular weight is 399 g/mol. The number of carbonyl (C=O) groups is 1. The molecule has 0 aliphatic heterocycles. The molecule has 2 aromatic carbocycles. The maximum Gasteiger partial charge on any atom is 0.257 e. The fourth-order valence-corrected chi connectivity index (χ4v) is 2.96. The van der Waals surface area contributed by atoms with Gasteiger partial charge in [-0.05, 0) is 43.3 Å². The van der Waals surface area contributed by atoms with Crippen LogP contribution in [0.2, 0.25) is 0 Å². The van der Waals surface area contributed by atoms with E-state index in [9.17, 15) is 23.5 Å². The molecular formula is C21H19F2N3O3. The highest BCUT2D eigenvalue weighted by Crippen LogP contribution is 2.19. The minimum atomic E-state index is -0.624. The van der Waals surface area contributed by atoms with Gasteiger partial charge in [0.25, 0.3) is 5.56 Å². The lowest BCUT2D eigenvalue weighted by Crippen LogP contribution is -2.33. The second-order valence-corrected chi connectivity index (χ2v) is 6.40. The molecule has 0 fully saturated rings. The van der Waals surface area contributed by atoms with Crippen molar-refractivity contribution < 1.29 is 18.7 Å². The molecule has 0 atom stereocenters. The third-order valence-corrected chi connectivity index (χ3v) is 4.38. The van der Waals surface area contributed by atoms with Crippen molar-refractivity contribution in [2.45, 2.75) is 19.9 Å². The van der Waals surface area contributed by atoms with Gasteiger partial charge in [-0.1, -0.05) is 12.1 Å². The maximum atomic E-state index is 13.8. The first kappa shape index (κ1) is 20.3. The fraction of sp³-hybridized carbons (Fsp3) is 0.190. The molecule has 150 valence electrons. The Morgan fingerprint density at radius 2 is 1.83 bits per heavy atom. The van der Waals surface area contributed by atoms with Crippen molar-refractivity contribution >= 4 is 11.6 Å². The zero-order valence-corrected chi connectivity index (χ0v) is 15.7. The third-order valence-electron chi connectivity index (χ3n) is 4.38. The summed E-state index contributed by atoms with van der Waals surface area (Å²) in [6.07, 6.45) is 0.0797. The minimum Gasteiger partial charge on any atom is -0.396 e. The molecule has 2 N–H and O–H groups in total. The molecule has 1 aromatic heterocycles. The molecule has 0 saturated heterocycles. The number of nitrogens with one attached hydrogen (secondary N) is 1. The van der Waals surface area contributed by atoms with E-state index >= 15 is 0 Å². The molecule has 1 heterocycles. The van der Waals surface area contributed by atoms with Crippen LogP contribution in [0.15, 0.2) is 53.3 Å². The van der Waals surface area contributed by atoms with Crippen molar-refractivity contribution in [3.05, 3.63) is 81.8 Å². The van der Waals surface area contributed by atoms with E-state index in [0.717, 1.165) is 4.57 Å². The highest BCUT2D eigenvalue weighted by atomic mass is 19.1. The van der Waals surface area contributed by atoms with Crippen molar-refractivity contribution in [1.29, 1.82) is 0 Å². The van der Waals surface area contributed by atoms with Gasteiger partial charge >= 0.3 is 0 Å². The van der Waals surface area contributed by atoms with Crippen molar-refractivity contribution in [3.63, 3.8) is 0 Å². The molecule has 29 heavy (non-hydrogen) atoms. The summed E-state index contributed by atoms with van der Waals surface area (Å²) >= 11 is 0. The zero-order valence-electron chi connectivity index (χ0n) is 15.7. The molecule has 6 nitrogen and oxygen atoms in total. The summed E-state index contributed by atoms with van der Waals surface area (Å²) in [5.74, 6) is -1.50. The molecule has 1 amide bonds. The van der Waals surface area contributed by atoms with E-state index in [0.29, 0.717) is 11.3 Å². The van der Waals surface area contributed by atoms with E-state index < -0.39 is 29.6 Å². The summed E-state index contributed by atoms with van der Waals surface area (Å²) in [6, 6.07) is 11.0. The Bertz CT molecular complexity index is 1100. The van der Waals surface area contributed by atoms with Gasteiger partial charge in [0.05, 0.1) is 5.69 Å². The number of aryl methyl sites for hydroxylation is 1. The number of aromatic nitrogens is 2. The molecule has 0 unspecified atom stereocenters. The number of halogens is 2. The molecule has 0 aliphatic carbocycles. The Hall–Kier alpha value is -3.39.